The summed E-state index contributed by atoms with van der Waals surface area (Å²) in [7, 11) is -3.09. The minimum atomic E-state index is -3.09. The van der Waals surface area contributed by atoms with E-state index in [0.29, 0.717) is 10.6 Å². The molecule has 0 amide bonds. The molecule has 0 saturated heterocycles. The monoisotopic (exact) mass is 239 g/mol. The van der Waals surface area contributed by atoms with Crippen molar-refractivity contribution in [3.63, 3.8) is 0 Å². The van der Waals surface area contributed by atoms with Gasteiger partial charge in [0.1, 0.15) is 0 Å². The number of hydrogen-bond acceptors (Lipinski definition) is 3. The highest BCUT2D eigenvalue weighted by atomic mass is 32.2. The van der Waals surface area contributed by atoms with Crippen LogP contribution in [0.3, 0.4) is 0 Å². The Kier molecular flexibility index (Phi) is 2.93. The van der Waals surface area contributed by atoms with Crippen molar-refractivity contribution in [1.82, 2.24) is 0 Å². The van der Waals surface area contributed by atoms with Crippen LogP contribution in [0, 0.1) is 0 Å². The van der Waals surface area contributed by atoms with E-state index in [9.17, 15) is 8.42 Å². The van der Waals surface area contributed by atoms with Crippen molar-refractivity contribution in [2.75, 3.05) is 5.73 Å². The summed E-state index contributed by atoms with van der Waals surface area (Å²) >= 11 is 0. The van der Waals surface area contributed by atoms with Crippen molar-refractivity contribution in [2.24, 2.45) is 0 Å². The quantitative estimate of drug-likeness (QED) is 0.819. The third-order valence-electron chi connectivity index (χ3n) is 2.87. The van der Waals surface area contributed by atoms with Crippen LogP contribution in [0.1, 0.15) is 31.7 Å². The molecule has 1 aliphatic rings. The molecule has 1 saturated carbocycles. The highest BCUT2D eigenvalue weighted by Gasteiger charge is 2.37. The number of benzene rings is 1. The van der Waals surface area contributed by atoms with Gasteiger partial charge in [0, 0.05) is 5.69 Å². The number of hydrogen-bond donors (Lipinski definition) is 1. The zero-order valence-electron chi connectivity index (χ0n) is 9.44. The molecule has 0 radical (unpaired) electrons. The second-order valence-corrected chi connectivity index (χ2v) is 6.56. The summed E-state index contributed by atoms with van der Waals surface area (Å²) < 4.78 is 24.3. The van der Waals surface area contributed by atoms with Crippen LogP contribution in [0.4, 0.5) is 5.69 Å². The fourth-order valence-corrected chi connectivity index (χ4v) is 3.80. The predicted molar refractivity (Wildman–Crippen MR) is 65.1 cm³/mol. The fraction of sp³-hybridized carbons (Fsp3) is 0.500. The fourth-order valence-electron chi connectivity index (χ4n) is 1.90. The molecule has 2 rings (SSSR count). The third-order valence-corrected chi connectivity index (χ3v) is 5.23. The van der Waals surface area contributed by atoms with Gasteiger partial charge in [-0.05, 0) is 43.0 Å². The van der Waals surface area contributed by atoms with E-state index in [2.05, 4.69) is 0 Å². The largest absolute Gasteiger partial charge is 0.399 e. The van der Waals surface area contributed by atoms with Gasteiger partial charge in [0.2, 0.25) is 0 Å². The molecule has 2 N–H and O–H groups in total. The Morgan fingerprint density at radius 3 is 2.62 bits per heavy atom. The van der Waals surface area contributed by atoms with Gasteiger partial charge in [0.25, 0.3) is 0 Å². The maximum absolute atomic E-state index is 12.2. The second-order valence-electron chi connectivity index (χ2n) is 4.36. The molecule has 0 spiro atoms. The van der Waals surface area contributed by atoms with E-state index in [4.69, 9.17) is 5.73 Å². The molecule has 0 bridgehead atoms. The lowest BCUT2D eigenvalue weighted by Crippen LogP contribution is -2.10. The Morgan fingerprint density at radius 1 is 1.38 bits per heavy atom. The van der Waals surface area contributed by atoms with E-state index in [1.54, 1.807) is 18.2 Å². The van der Waals surface area contributed by atoms with E-state index in [1.165, 1.54) is 0 Å². The average Bonchev–Trinajstić information content (AvgIpc) is 3.01. The minimum absolute atomic E-state index is 0.147. The molecule has 1 aromatic carbocycles. The van der Waals surface area contributed by atoms with Crippen molar-refractivity contribution in [3.8, 4) is 0 Å². The zero-order chi connectivity index (χ0) is 11.8. The normalized spacial score (nSPS) is 16.3. The molecule has 16 heavy (non-hydrogen) atoms. The van der Waals surface area contributed by atoms with Gasteiger partial charge in [-0.1, -0.05) is 13.3 Å². The zero-order valence-corrected chi connectivity index (χ0v) is 10.3. The summed E-state index contributed by atoms with van der Waals surface area (Å²) in [6.45, 7) is 2.04. The Morgan fingerprint density at radius 2 is 2.06 bits per heavy atom. The maximum Gasteiger partial charge on any atom is 0.181 e. The molecule has 0 aromatic heterocycles. The van der Waals surface area contributed by atoms with Crippen LogP contribution >= 0.6 is 0 Å². The highest BCUT2D eigenvalue weighted by Crippen LogP contribution is 2.35. The predicted octanol–water partition coefficient (Wildman–Crippen LogP) is 2.16. The number of nitrogens with two attached hydrogens (primary N) is 1. The molecule has 4 heteroatoms. The van der Waals surface area contributed by atoms with Crippen LogP contribution in [0.2, 0.25) is 0 Å². The minimum Gasteiger partial charge on any atom is -0.399 e. The van der Waals surface area contributed by atoms with Gasteiger partial charge in [-0.3, -0.25) is 0 Å². The number of anilines is 1. The van der Waals surface area contributed by atoms with Crippen molar-refractivity contribution < 1.29 is 8.42 Å². The summed E-state index contributed by atoms with van der Waals surface area (Å²) in [6, 6.07) is 5.13. The molecule has 0 heterocycles. The SMILES string of the molecule is CCCc1cc(N)ccc1S(=O)(=O)C1CC1. The van der Waals surface area contributed by atoms with Gasteiger partial charge in [0.15, 0.2) is 9.84 Å². The van der Waals surface area contributed by atoms with Crippen molar-refractivity contribution in [3.05, 3.63) is 23.8 Å². The van der Waals surface area contributed by atoms with Crippen LogP contribution < -0.4 is 5.73 Å². The molecule has 1 fully saturated rings. The van der Waals surface area contributed by atoms with Gasteiger partial charge in [-0.25, -0.2) is 8.42 Å². The first-order valence-electron chi connectivity index (χ1n) is 5.68. The molecular formula is C12H17NO2S. The van der Waals surface area contributed by atoms with Crippen LogP contribution in [-0.2, 0) is 16.3 Å². The highest BCUT2D eigenvalue weighted by molar-refractivity contribution is 7.92. The Bertz CT molecular complexity index is 490. The lowest BCUT2D eigenvalue weighted by molar-refractivity contribution is 0.593. The molecule has 1 aromatic rings. The van der Waals surface area contributed by atoms with E-state index in [-0.39, 0.29) is 5.25 Å². The van der Waals surface area contributed by atoms with Crippen LogP contribution in [0.5, 0.6) is 0 Å². The molecule has 0 atom stereocenters. The molecule has 88 valence electrons. The molecule has 1 aliphatic carbocycles. The molecular weight excluding hydrogens is 222 g/mol. The Hall–Kier alpha value is -1.03. The summed E-state index contributed by atoms with van der Waals surface area (Å²) in [4.78, 5) is 0.492. The van der Waals surface area contributed by atoms with Gasteiger partial charge < -0.3 is 5.73 Å². The van der Waals surface area contributed by atoms with E-state index < -0.39 is 9.84 Å². The van der Waals surface area contributed by atoms with Gasteiger partial charge >= 0.3 is 0 Å². The smallest absolute Gasteiger partial charge is 0.181 e. The van der Waals surface area contributed by atoms with Crippen LogP contribution in [0.25, 0.3) is 0 Å². The van der Waals surface area contributed by atoms with Gasteiger partial charge in [-0.15, -0.1) is 0 Å². The summed E-state index contributed by atoms with van der Waals surface area (Å²) in [5, 5.41) is -0.147. The maximum atomic E-state index is 12.2. The van der Waals surface area contributed by atoms with E-state index in [0.717, 1.165) is 31.2 Å². The van der Waals surface area contributed by atoms with Crippen LogP contribution in [0.15, 0.2) is 23.1 Å². The summed E-state index contributed by atoms with van der Waals surface area (Å²) in [5.74, 6) is 0. The van der Waals surface area contributed by atoms with Gasteiger partial charge in [0.05, 0.1) is 10.1 Å². The summed E-state index contributed by atoms with van der Waals surface area (Å²) in [5.41, 5.74) is 7.20. The number of rotatable bonds is 4. The molecule has 3 nitrogen and oxygen atoms in total. The van der Waals surface area contributed by atoms with E-state index in [1.807, 2.05) is 6.92 Å². The topological polar surface area (TPSA) is 60.2 Å². The lowest BCUT2D eigenvalue weighted by atomic mass is 10.1. The second kappa shape index (κ2) is 4.09. The Labute approximate surface area is 96.6 Å². The average molecular weight is 239 g/mol. The molecule has 0 aliphatic heterocycles. The number of sulfone groups is 1. The first kappa shape index (κ1) is 11.5. The third kappa shape index (κ3) is 2.07. The summed E-state index contributed by atoms with van der Waals surface area (Å²) in [6.07, 6.45) is 3.31. The van der Waals surface area contributed by atoms with Crippen molar-refractivity contribution >= 4 is 15.5 Å². The molecule has 0 unspecified atom stereocenters. The Balaban J connectivity index is 2.46. The van der Waals surface area contributed by atoms with Crippen LogP contribution in [-0.4, -0.2) is 13.7 Å². The number of aryl methyl sites for hydroxylation is 1. The van der Waals surface area contributed by atoms with Gasteiger partial charge in [-0.2, -0.15) is 0 Å². The van der Waals surface area contributed by atoms with Crippen molar-refractivity contribution in [1.29, 1.82) is 0 Å². The van der Waals surface area contributed by atoms with Crippen molar-refractivity contribution in [2.45, 2.75) is 42.8 Å². The van der Waals surface area contributed by atoms with E-state index >= 15 is 0 Å². The standard InChI is InChI=1S/C12H17NO2S/c1-2-3-9-8-10(13)4-7-12(9)16(14,15)11-5-6-11/h4,7-8,11H,2-3,5-6,13H2,1H3. The number of nitrogen functional groups attached to an aromatic ring is 1. The first-order valence-corrected chi connectivity index (χ1v) is 7.22. The first-order chi connectivity index (χ1) is 7.55. The lowest BCUT2D eigenvalue weighted by Gasteiger charge is -2.10.